The lowest BCUT2D eigenvalue weighted by Gasteiger charge is -2.12. The molecule has 0 spiro atoms. The minimum absolute atomic E-state index is 0.389. The van der Waals surface area contributed by atoms with Crippen LogP contribution in [0.1, 0.15) is 12.5 Å². The van der Waals surface area contributed by atoms with Crippen molar-refractivity contribution in [2.75, 3.05) is 12.8 Å². The van der Waals surface area contributed by atoms with Gasteiger partial charge in [0.05, 0.1) is 21.1 Å². The Balaban J connectivity index is 3.70. The van der Waals surface area contributed by atoms with Gasteiger partial charge in [-0.1, -0.05) is 6.92 Å². The fraction of sp³-hybridized carbons (Fsp3) is 0.400. The Morgan fingerprint density at radius 3 is 1.95 bits per heavy atom. The zero-order valence-corrected chi connectivity index (χ0v) is 12.2. The molecule has 1 aromatic rings. The Hall–Kier alpha value is -1.13. The number of benzene rings is 1. The second kappa shape index (κ2) is 5.34. The van der Waals surface area contributed by atoms with Gasteiger partial charge in [0, 0.05) is 0 Å². The van der Waals surface area contributed by atoms with E-state index in [1.54, 1.807) is 0 Å². The standard InChI is InChI=1S/C10H12F3NO4S2/c1-3-19(15,16)8-4-7(10(11,12)13)5-9(6-8)20(17,18)14-2/h4-6,14H,3H2,1-2H3. The molecule has 5 nitrogen and oxygen atoms in total. The minimum atomic E-state index is -4.85. The Labute approximate surface area is 114 Å². The Morgan fingerprint density at radius 1 is 1.05 bits per heavy atom. The second-order valence-corrected chi connectivity index (χ2v) is 7.97. The Kier molecular flexibility index (Phi) is 4.52. The number of nitrogens with one attached hydrogen (secondary N) is 1. The molecule has 0 fully saturated rings. The van der Waals surface area contributed by atoms with Crippen molar-refractivity contribution in [1.82, 2.24) is 4.72 Å². The van der Waals surface area contributed by atoms with Gasteiger partial charge < -0.3 is 0 Å². The molecule has 0 aliphatic rings. The highest BCUT2D eigenvalue weighted by atomic mass is 32.2. The van der Waals surface area contributed by atoms with Crippen LogP contribution in [0.2, 0.25) is 0 Å². The van der Waals surface area contributed by atoms with Gasteiger partial charge in [0.2, 0.25) is 10.0 Å². The summed E-state index contributed by atoms with van der Waals surface area (Å²) in [6.45, 7) is 1.25. The van der Waals surface area contributed by atoms with Crippen molar-refractivity contribution >= 4 is 19.9 Å². The van der Waals surface area contributed by atoms with Crippen LogP contribution >= 0.6 is 0 Å². The fourth-order valence-electron chi connectivity index (χ4n) is 1.35. The number of halogens is 3. The van der Waals surface area contributed by atoms with Crippen molar-refractivity contribution in [3.05, 3.63) is 23.8 Å². The Morgan fingerprint density at radius 2 is 1.55 bits per heavy atom. The average Bonchev–Trinajstić information content (AvgIpc) is 2.37. The minimum Gasteiger partial charge on any atom is -0.224 e. The van der Waals surface area contributed by atoms with Crippen molar-refractivity contribution < 1.29 is 30.0 Å². The lowest BCUT2D eigenvalue weighted by atomic mass is 10.2. The van der Waals surface area contributed by atoms with Crippen LogP contribution in [0.5, 0.6) is 0 Å². The van der Waals surface area contributed by atoms with Gasteiger partial charge in [-0.05, 0) is 25.2 Å². The third-order valence-electron chi connectivity index (χ3n) is 2.53. The zero-order chi connectivity index (χ0) is 15.8. The summed E-state index contributed by atoms with van der Waals surface area (Å²) in [5.74, 6) is -0.437. The summed E-state index contributed by atoms with van der Waals surface area (Å²) in [7, 11) is -7.13. The van der Waals surface area contributed by atoms with Crippen molar-refractivity contribution in [1.29, 1.82) is 0 Å². The predicted octanol–water partition coefficient (Wildman–Crippen LogP) is 1.41. The third-order valence-corrected chi connectivity index (χ3v) is 5.63. The molecular formula is C10H12F3NO4S2. The zero-order valence-electron chi connectivity index (χ0n) is 10.5. The highest BCUT2D eigenvalue weighted by Crippen LogP contribution is 2.33. The van der Waals surface area contributed by atoms with E-state index in [-0.39, 0.29) is 0 Å². The molecule has 0 radical (unpaired) electrons. The first kappa shape index (κ1) is 16.9. The SMILES string of the molecule is CCS(=O)(=O)c1cc(C(F)(F)F)cc(S(=O)(=O)NC)c1. The monoisotopic (exact) mass is 331 g/mol. The van der Waals surface area contributed by atoms with Crippen LogP contribution in [0.15, 0.2) is 28.0 Å². The van der Waals surface area contributed by atoms with Crippen LogP contribution in [0, 0.1) is 0 Å². The summed E-state index contributed by atoms with van der Waals surface area (Å²) in [4.78, 5) is -1.43. The Bertz CT molecular complexity index is 656. The molecule has 1 rings (SSSR count). The molecular weight excluding hydrogens is 319 g/mol. The third kappa shape index (κ3) is 3.49. The van der Waals surface area contributed by atoms with Crippen molar-refractivity contribution in [3.63, 3.8) is 0 Å². The van der Waals surface area contributed by atoms with E-state index in [4.69, 9.17) is 0 Å². The summed E-state index contributed by atoms with van der Waals surface area (Å²) in [5, 5.41) is 0. The van der Waals surface area contributed by atoms with Crippen LogP contribution in [-0.4, -0.2) is 29.6 Å². The van der Waals surface area contributed by atoms with Crippen molar-refractivity contribution in [2.24, 2.45) is 0 Å². The molecule has 0 saturated carbocycles. The van der Waals surface area contributed by atoms with Gasteiger partial charge in [-0.2, -0.15) is 13.2 Å². The van der Waals surface area contributed by atoms with E-state index >= 15 is 0 Å². The van der Waals surface area contributed by atoms with Gasteiger partial charge in [-0.25, -0.2) is 21.6 Å². The van der Waals surface area contributed by atoms with Crippen LogP contribution in [0.25, 0.3) is 0 Å². The fourth-order valence-corrected chi connectivity index (χ4v) is 3.18. The highest BCUT2D eigenvalue weighted by molar-refractivity contribution is 7.91. The number of hydrogen-bond donors (Lipinski definition) is 1. The van der Waals surface area contributed by atoms with Crippen molar-refractivity contribution in [3.8, 4) is 0 Å². The molecule has 114 valence electrons. The van der Waals surface area contributed by atoms with Gasteiger partial charge in [-0.3, -0.25) is 0 Å². The summed E-state index contributed by atoms with van der Waals surface area (Å²) in [5.41, 5.74) is -1.33. The van der Waals surface area contributed by atoms with Gasteiger partial charge in [0.15, 0.2) is 9.84 Å². The van der Waals surface area contributed by atoms with Crippen molar-refractivity contribution in [2.45, 2.75) is 22.9 Å². The predicted molar refractivity (Wildman–Crippen MR) is 65.4 cm³/mol. The van der Waals surface area contributed by atoms with E-state index in [1.165, 1.54) is 6.92 Å². The normalized spacial score (nSPS) is 13.4. The van der Waals surface area contributed by atoms with Crippen LogP contribution < -0.4 is 4.72 Å². The lowest BCUT2D eigenvalue weighted by Crippen LogP contribution is -2.20. The molecule has 0 amide bonds. The molecule has 0 aliphatic heterocycles. The summed E-state index contributed by atoms with van der Waals surface area (Å²) in [6, 6.07) is 1.52. The van der Waals surface area contributed by atoms with E-state index in [0.29, 0.717) is 18.2 Å². The molecule has 0 bridgehead atoms. The molecule has 0 aromatic heterocycles. The summed E-state index contributed by atoms with van der Waals surface area (Å²) >= 11 is 0. The molecule has 0 aliphatic carbocycles. The number of rotatable bonds is 4. The average molecular weight is 331 g/mol. The second-order valence-electron chi connectivity index (χ2n) is 3.80. The largest absolute Gasteiger partial charge is 0.416 e. The maximum Gasteiger partial charge on any atom is 0.416 e. The molecule has 0 heterocycles. The quantitative estimate of drug-likeness (QED) is 0.904. The smallest absolute Gasteiger partial charge is 0.224 e. The molecule has 0 saturated heterocycles. The van der Waals surface area contributed by atoms with Crippen LogP contribution in [-0.2, 0) is 26.0 Å². The molecule has 20 heavy (non-hydrogen) atoms. The molecule has 0 unspecified atom stereocenters. The first-order chi connectivity index (χ1) is 8.94. The van der Waals surface area contributed by atoms with Gasteiger partial charge in [-0.15, -0.1) is 0 Å². The molecule has 1 aromatic carbocycles. The van der Waals surface area contributed by atoms with Crippen LogP contribution in [0.3, 0.4) is 0 Å². The van der Waals surface area contributed by atoms with Gasteiger partial charge in [0.1, 0.15) is 0 Å². The molecule has 0 atom stereocenters. The lowest BCUT2D eigenvalue weighted by molar-refractivity contribution is -0.137. The topological polar surface area (TPSA) is 80.3 Å². The maximum absolute atomic E-state index is 12.7. The first-order valence-electron chi connectivity index (χ1n) is 5.32. The van der Waals surface area contributed by atoms with E-state index in [9.17, 15) is 30.0 Å². The van der Waals surface area contributed by atoms with Crippen LogP contribution in [0.4, 0.5) is 13.2 Å². The number of sulfonamides is 1. The number of hydrogen-bond acceptors (Lipinski definition) is 4. The van der Waals surface area contributed by atoms with E-state index < -0.39 is 47.1 Å². The van der Waals surface area contributed by atoms with E-state index in [2.05, 4.69) is 0 Å². The number of sulfone groups is 1. The molecule has 1 N–H and O–H groups in total. The number of alkyl halides is 3. The highest BCUT2D eigenvalue weighted by Gasteiger charge is 2.33. The van der Waals surface area contributed by atoms with E-state index in [1.807, 2.05) is 4.72 Å². The van der Waals surface area contributed by atoms with Gasteiger partial charge in [0.25, 0.3) is 0 Å². The summed E-state index contributed by atoms with van der Waals surface area (Å²) in [6.07, 6.45) is -4.85. The summed E-state index contributed by atoms with van der Waals surface area (Å²) < 4.78 is 86.5. The first-order valence-corrected chi connectivity index (χ1v) is 8.46. The van der Waals surface area contributed by atoms with E-state index in [0.717, 1.165) is 7.05 Å². The maximum atomic E-state index is 12.7. The molecule has 10 heteroatoms. The van der Waals surface area contributed by atoms with Gasteiger partial charge >= 0.3 is 6.18 Å².